The number of amides is 2. The number of thiazole rings is 1. The molecule has 2 fully saturated rings. The van der Waals surface area contributed by atoms with Gasteiger partial charge in [0.15, 0.2) is 16.5 Å². The lowest BCUT2D eigenvalue weighted by molar-refractivity contribution is -0.136. The number of carbonyl (C=O) groups excluding carboxylic acids is 2. The topological polar surface area (TPSA) is 94.7 Å². The lowest BCUT2D eigenvalue weighted by Crippen LogP contribution is -2.53. The third-order valence-electron chi connectivity index (χ3n) is 7.89. The van der Waals surface area contributed by atoms with E-state index < -0.39 is 23.6 Å². The largest absolute Gasteiger partial charge is 0.466 e. The number of rotatable bonds is 6. The minimum Gasteiger partial charge on any atom is -0.466 e. The number of nitrogens with one attached hydrogen (secondary N) is 1. The van der Waals surface area contributed by atoms with E-state index in [4.69, 9.17) is 27.9 Å². The second-order valence-corrected chi connectivity index (χ2v) is 12.0. The van der Waals surface area contributed by atoms with Gasteiger partial charge in [-0.15, -0.1) is 11.3 Å². The number of nitrogens with zero attached hydrogens (tertiary/aromatic N) is 6. The number of piperazine rings is 1. The van der Waals surface area contributed by atoms with Crippen molar-refractivity contribution in [2.24, 2.45) is 4.99 Å². The molecular formula is C32H26ClF2N7O3S. The number of benzene rings is 2. The van der Waals surface area contributed by atoms with E-state index in [0.29, 0.717) is 54.8 Å². The van der Waals surface area contributed by atoms with Crippen molar-refractivity contribution in [3.63, 3.8) is 0 Å². The zero-order valence-electron chi connectivity index (χ0n) is 24.5. The molecule has 2 atom stereocenters. The first-order chi connectivity index (χ1) is 22.2. The zero-order chi connectivity index (χ0) is 32.4. The van der Waals surface area contributed by atoms with Gasteiger partial charge >= 0.3 is 12.0 Å². The summed E-state index contributed by atoms with van der Waals surface area (Å²) < 4.78 is 33.4. The molecule has 0 spiro atoms. The van der Waals surface area contributed by atoms with Crippen LogP contribution in [-0.4, -0.2) is 89.9 Å². The highest BCUT2D eigenvalue weighted by atomic mass is 35.5. The number of methoxy groups -OCH3 is 1. The average molecular weight is 662 g/mol. The summed E-state index contributed by atoms with van der Waals surface area (Å²) in [6.07, 6.45) is 1.65. The van der Waals surface area contributed by atoms with Gasteiger partial charge < -0.3 is 19.9 Å². The van der Waals surface area contributed by atoms with E-state index in [1.54, 1.807) is 16.0 Å². The molecule has 0 aliphatic carbocycles. The van der Waals surface area contributed by atoms with E-state index in [1.807, 2.05) is 5.38 Å². The number of hydrogen-bond donors (Lipinski definition) is 1. The standard InChI is InChI=1S/C32H26ClF2N7O3S/c1-36-21-7-5-19(25(35)15-21)4-3-10-41-17-22-16-40(11-12-42(22)32(41)44)18-26-27(31(43)45-2)28(23-8-6-20(34)14-24(23)33)39-29(38-26)30-37-9-13-46-30/h5-9,13-15,22,28H,10-12,16-18H2,2H3,(H,38,39)/t22-,28-/m0/s1. The van der Waals surface area contributed by atoms with Crippen LogP contribution in [-0.2, 0) is 9.53 Å². The Morgan fingerprint density at radius 3 is 2.80 bits per heavy atom. The minimum atomic E-state index is -0.874. The zero-order valence-corrected chi connectivity index (χ0v) is 26.0. The van der Waals surface area contributed by atoms with E-state index in [0.717, 1.165) is 6.07 Å². The first-order valence-corrected chi connectivity index (χ1v) is 15.5. The number of amidine groups is 1. The molecule has 234 valence electrons. The molecule has 3 aliphatic rings. The molecule has 0 radical (unpaired) electrons. The molecule has 2 aromatic carbocycles. The first kappa shape index (κ1) is 31.2. The number of fused-ring (bicyclic) bond motifs is 1. The lowest BCUT2D eigenvalue weighted by Gasteiger charge is -2.38. The van der Waals surface area contributed by atoms with E-state index in [2.05, 4.69) is 31.9 Å². The highest BCUT2D eigenvalue weighted by molar-refractivity contribution is 7.11. The molecule has 10 nitrogen and oxygen atoms in total. The molecule has 0 bridgehead atoms. The van der Waals surface area contributed by atoms with Crippen LogP contribution in [0.25, 0.3) is 4.85 Å². The summed E-state index contributed by atoms with van der Waals surface area (Å²) >= 11 is 7.83. The third-order valence-corrected chi connectivity index (χ3v) is 9.00. The Hall–Kier alpha value is -4.82. The van der Waals surface area contributed by atoms with Gasteiger partial charge in [0, 0.05) is 60.6 Å². The van der Waals surface area contributed by atoms with E-state index in [1.165, 1.54) is 48.8 Å². The average Bonchev–Trinajstić information content (AvgIpc) is 3.69. The number of urea groups is 1. The Bertz CT molecular complexity index is 1860. The highest BCUT2D eigenvalue weighted by Gasteiger charge is 2.41. The van der Waals surface area contributed by atoms with Gasteiger partial charge in [-0.1, -0.05) is 41.6 Å². The first-order valence-electron chi connectivity index (χ1n) is 14.2. The Morgan fingerprint density at radius 2 is 2.09 bits per heavy atom. The van der Waals surface area contributed by atoms with Crippen LogP contribution in [0.3, 0.4) is 0 Å². The number of aromatic nitrogens is 1. The van der Waals surface area contributed by atoms with Gasteiger partial charge in [-0.2, -0.15) is 0 Å². The molecule has 3 aliphatic heterocycles. The summed E-state index contributed by atoms with van der Waals surface area (Å²) in [4.78, 5) is 44.3. The minimum absolute atomic E-state index is 0.124. The third kappa shape index (κ3) is 6.30. The van der Waals surface area contributed by atoms with Gasteiger partial charge in [0.05, 0.1) is 37.4 Å². The van der Waals surface area contributed by atoms with E-state index >= 15 is 0 Å². The Labute approximate surface area is 272 Å². The van der Waals surface area contributed by atoms with Gasteiger partial charge in [-0.3, -0.25) is 9.89 Å². The van der Waals surface area contributed by atoms with Crippen LogP contribution < -0.4 is 5.32 Å². The molecular weight excluding hydrogens is 636 g/mol. The summed E-state index contributed by atoms with van der Waals surface area (Å²) in [6, 6.07) is 6.91. The van der Waals surface area contributed by atoms with Crippen LogP contribution in [0.4, 0.5) is 19.3 Å². The molecule has 3 aromatic rings. The van der Waals surface area contributed by atoms with Crippen molar-refractivity contribution in [1.29, 1.82) is 0 Å². The number of ether oxygens (including phenoxy) is 1. The highest BCUT2D eigenvalue weighted by Crippen LogP contribution is 2.37. The number of esters is 1. The van der Waals surface area contributed by atoms with Crippen molar-refractivity contribution in [3.8, 4) is 11.8 Å². The van der Waals surface area contributed by atoms with Crippen molar-refractivity contribution in [2.45, 2.75) is 12.1 Å². The van der Waals surface area contributed by atoms with Gasteiger partial charge in [0.2, 0.25) is 0 Å². The number of carbonyl (C=O) groups is 2. The number of hydrogen-bond acceptors (Lipinski definition) is 8. The van der Waals surface area contributed by atoms with E-state index in [-0.39, 0.29) is 40.5 Å². The van der Waals surface area contributed by atoms with Crippen molar-refractivity contribution < 1.29 is 23.1 Å². The monoisotopic (exact) mass is 661 g/mol. The SMILES string of the molecule is [C-]#[N+]c1ccc(C#CCN2C[C@@H]3CN(CC4=C(C(=O)OC)[C@H](c5ccc(F)cc5Cl)N=C(c5nccs5)N4)CCN3C2=O)c(F)c1. The predicted octanol–water partition coefficient (Wildman–Crippen LogP) is 4.62. The van der Waals surface area contributed by atoms with Crippen molar-refractivity contribution >= 4 is 46.5 Å². The molecule has 0 saturated carbocycles. The van der Waals surface area contributed by atoms with Crippen LogP contribution in [0.1, 0.15) is 22.2 Å². The van der Waals surface area contributed by atoms with Gasteiger partial charge in [0.1, 0.15) is 17.7 Å². The summed E-state index contributed by atoms with van der Waals surface area (Å²) in [7, 11) is 1.29. The summed E-state index contributed by atoms with van der Waals surface area (Å²) in [5.41, 5.74) is 1.60. The van der Waals surface area contributed by atoms with Crippen LogP contribution in [0.2, 0.25) is 5.02 Å². The maximum Gasteiger partial charge on any atom is 0.338 e. The fourth-order valence-corrected chi connectivity index (χ4v) is 6.57. The summed E-state index contributed by atoms with van der Waals surface area (Å²) in [5, 5.41) is 5.84. The molecule has 2 amide bonds. The molecule has 2 saturated heterocycles. The van der Waals surface area contributed by atoms with Gasteiger partial charge in [-0.05, 0) is 18.2 Å². The second-order valence-electron chi connectivity index (χ2n) is 10.7. The Morgan fingerprint density at radius 1 is 1.24 bits per heavy atom. The fraction of sp³-hybridized carbons (Fsp3) is 0.281. The predicted molar refractivity (Wildman–Crippen MR) is 168 cm³/mol. The van der Waals surface area contributed by atoms with Crippen LogP contribution in [0, 0.1) is 30.0 Å². The van der Waals surface area contributed by atoms with Crippen LogP contribution in [0.15, 0.2) is 64.2 Å². The molecule has 1 N–H and O–H groups in total. The fourth-order valence-electron chi connectivity index (χ4n) is 5.71. The summed E-state index contributed by atoms with van der Waals surface area (Å²) in [6.45, 7) is 9.38. The van der Waals surface area contributed by atoms with Crippen LogP contribution >= 0.6 is 22.9 Å². The summed E-state index contributed by atoms with van der Waals surface area (Å²) in [5.74, 6) is 4.40. The molecule has 4 heterocycles. The quantitative estimate of drug-likeness (QED) is 0.236. The molecule has 0 unspecified atom stereocenters. The Balaban J connectivity index is 1.22. The normalized spacial score (nSPS) is 19.5. The smallest absolute Gasteiger partial charge is 0.338 e. The second kappa shape index (κ2) is 13.3. The van der Waals surface area contributed by atoms with Crippen molar-refractivity contribution in [3.05, 3.63) is 103 Å². The van der Waals surface area contributed by atoms with Gasteiger partial charge in [-0.25, -0.2) is 28.2 Å². The molecule has 6 rings (SSSR count). The number of halogens is 3. The van der Waals surface area contributed by atoms with Crippen LogP contribution in [0.5, 0.6) is 0 Å². The lowest BCUT2D eigenvalue weighted by atomic mass is 9.95. The van der Waals surface area contributed by atoms with Gasteiger partial charge in [0.25, 0.3) is 0 Å². The maximum absolute atomic E-state index is 14.2. The maximum atomic E-state index is 14.2. The number of aliphatic imine (C=N–C) groups is 1. The molecule has 1 aromatic heterocycles. The van der Waals surface area contributed by atoms with Crippen molar-refractivity contribution in [2.75, 3.05) is 46.4 Å². The molecule has 14 heteroatoms. The van der Waals surface area contributed by atoms with Crippen molar-refractivity contribution in [1.82, 2.24) is 25.0 Å². The Kier molecular flexibility index (Phi) is 8.99. The molecule has 46 heavy (non-hydrogen) atoms. The van der Waals surface area contributed by atoms with E-state index in [9.17, 15) is 18.4 Å².